The first-order valence-electron chi connectivity index (χ1n) is 7.40. The molecule has 1 heterocycles. The molecule has 0 saturated carbocycles. The van der Waals surface area contributed by atoms with E-state index in [9.17, 15) is 4.39 Å². The molecule has 0 fully saturated rings. The second-order valence-corrected chi connectivity index (χ2v) is 5.76. The first-order chi connectivity index (χ1) is 10.5. The van der Waals surface area contributed by atoms with Crippen molar-refractivity contribution in [3.05, 3.63) is 71.3 Å². The van der Waals surface area contributed by atoms with Gasteiger partial charge in [0.05, 0.1) is 12.6 Å². The molecule has 1 aromatic heterocycles. The van der Waals surface area contributed by atoms with Gasteiger partial charge in [0, 0.05) is 0 Å². The monoisotopic (exact) mass is 295 g/mol. The van der Waals surface area contributed by atoms with E-state index < -0.39 is 0 Å². The highest BCUT2D eigenvalue weighted by molar-refractivity contribution is 5.59. The largest absolute Gasteiger partial charge is 0.317 e. The molecule has 0 bridgehead atoms. The van der Waals surface area contributed by atoms with Crippen LogP contribution in [0.1, 0.15) is 16.7 Å². The Bertz CT molecular complexity index is 826. The fourth-order valence-corrected chi connectivity index (χ4v) is 3.01. The smallest absolute Gasteiger partial charge is 0.202 e. The van der Waals surface area contributed by atoms with Gasteiger partial charge in [0.25, 0.3) is 5.82 Å². The van der Waals surface area contributed by atoms with Crippen molar-refractivity contribution in [2.45, 2.75) is 20.8 Å². The molecule has 0 radical (unpaired) electrons. The van der Waals surface area contributed by atoms with Crippen LogP contribution >= 0.6 is 0 Å². The number of aromatic nitrogens is 2. The lowest BCUT2D eigenvalue weighted by atomic mass is 10.1. The molecule has 0 atom stereocenters. The minimum Gasteiger partial charge on any atom is -0.202 e. The van der Waals surface area contributed by atoms with Crippen molar-refractivity contribution >= 4 is 0 Å². The van der Waals surface area contributed by atoms with Crippen LogP contribution in [-0.4, -0.2) is 4.57 Å². The summed E-state index contributed by atoms with van der Waals surface area (Å²) in [7, 11) is 1.77. The Morgan fingerprint density at radius 2 is 1.45 bits per heavy atom. The predicted molar refractivity (Wildman–Crippen MR) is 86.6 cm³/mol. The van der Waals surface area contributed by atoms with Gasteiger partial charge in [-0.2, -0.15) is 8.96 Å². The third kappa shape index (κ3) is 2.23. The molecule has 2 aromatic carbocycles. The molecular formula is C19H20FN2+. The number of hydrogen-bond donors (Lipinski definition) is 0. The zero-order valence-electron chi connectivity index (χ0n) is 13.4. The average molecular weight is 295 g/mol. The minimum absolute atomic E-state index is 0.249. The first-order valence-corrected chi connectivity index (χ1v) is 7.40. The lowest BCUT2D eigenvalue weighted by Crippen LogP contribution is -2.34. The maximum atomic E-state index is 14.3. The van der Waals surface area contributed by atoms with Crippen LogP contribution in [0.2, 0.25) is 0 Å². The summed E-state index contributed by atoms with van der Waals surface area (Å²) < 4.78 is 17.9. The standard InChI is InChI=1S/C19H20FN2/c1-13-8-5-6-11-16(13)19-21(4)17(20)12-22(19)18-14(2)9-7-10-15(18)3/h5-12H,1-4H3/q+1. The third-order valence-electron chi connectivity index (χ3n) is 4.17. The number of rotatable bonds is 2. The summed E-state index contributed by atoms with van der Waals surface area (Å²) in [4.78, 5) is 0. The van der Waals surface area contributed by atoms with Crippen LogP contribution in [0.15, 0.2) is 48.7 Å². The molecule has 0 amide bonds. The van der Waals surface area contributed by atoms with Crippen LogP contribution in [0.4, 0.5) is 4.39 Å². The van der Waals surface area contributed by atoms with Gasteiger partial charge in [0.15, 0.2) is 6.20 Å². The molecule has 0 spiro atoms. The molecule has 3 rings (SSSR count). The van der Waals surface area contributed by atoms with Crippen LogP contribution < -0.4 is 4.57 Å². The summed E-state index contributed by atoms with van der Waals surface area (Å²) in [5.41, 5.74) is 5.47. The van der Waals surface area contributed by atoms with Gasteiger partial charge in [-0.05, 0) is 43.5 Å². The summed E-state index contributed by atoms with van der Waals surface area (Å²) in [5, 5.41) is 0. The Kier molecular flexibility index (Phi) is 3.57. The highest BCUT2D eigenvalue weighted by Crippen LogP contribution is 2.24. The normalized spacial score (nSPS) is 11.0. The van der Waals surface area contributed by atoms with Gasteiger partial charge in [-0.15, -0.1) is 0 Å². The Hall–Kier alpha value is -2.42. The molecule has 0 unspecified atom stereocenters. The van der Waals surface area contributed by atoms with Gasteiger partial charge >= 0.3 is 5.95 Å². The number of imidazole rings is 1. The highest BCUT2D eigenvalue weighted by atomic mass is 19.1. The van der Waals surface area contributed by atoms with E-state index in [4.69, 9.17) is 0 Å². The van der Waals surface area contributed by atoms with E-state index in [0.29, 0.717) is 0 Å². The first kappa shape index (κ1) is 14.5. The van der Waals surface area contributed by atoms with Crippen molar-refractivity contribution in [1.29, 1.82) is 0 Å². The number of para-hydroxylation sites is 1. The summed E-state index contributed by atoms with van der Waals surface area (Å²) in [5.74, 6) is 0.605. The third-order valence-corrected chi connectivity index (χ3v) is 4.17. The van der Waals surface area contributed by atoms with Crippen LogP contribution in [0.3, 0.4) is 0 Å². The molecule has 3 heteroatoms. The number of aryl methyl sites for hydroxylation is 3. The number of hydrogen-bond acceptors (Lipinski definition) is 0. The molecule has 112 valence electrons. The fourth-order valence-electron chi connectivity index (χ4n) is 3.01. The van der Waals surface area contributed by atoms with Gasteiger partial charge in [0.2, 0.25) is 0 Å². The van der Waals surface area contributed by atoms with E-state index in [1.165, 1.54) is 0 Å². The lowest BCUT2D eigenvalue weighted by molar-refractivity contribution is -0.584. The highest BCUT2D eigenvalue weighted by Gasteiger charge is 2.26. The molecule has 22 heavy (non-hydrogen) atoms. The van der Waals surface area contributed by atoms with E-state index in [1.807, 2.05) is 28.8 Å². The second-order valence-electron chi connectivity index (χ2n) is 5.76. The van der Waals surface area contributed by atoms with Crippen molar-refractivity contribution < 1.29 is 8.96 Å². The number of benzene rings is 2. The zero-order chi connectivity index (χ0) is 15.9. The summed E-state index contributed by atoms with van der Waals surface area (Å²) in [6, 6.07) is 14.2. The Balaban J connectivity index is 2.36. The van der Waals surface area contributed by atoms with Gasteiger partial charge in [0.1, 0.15) is 5.69 Å². The van der Waals surface area contributed by atoms with Crippen molar-refractivity contribution in [3.63, 3.8) is 0 Å². The zero-order valence-corrected chi connectivity index (χ0v) is 13.4. The van der Waals surface area contributed by atoms with Crippen LogP contribution in [0.5, 0.6) is 0 Å². The second kappa shape index (κ2) is 5.41. The Morgan fingerprint density at radius 3 is 2.09 bits per heavy atom. The topological polar surface area (TPSA) is 8.81 Å². The number of nitrogens with zero attached hydrogens (tertiary/aromatic N) is 2. The van der Waals surface area contributed by atoms with Crippen LogP contribution in [0, 0.1) is 26.7 Å². The maximum absolute atomic E-state index is 14.3. The van der Waals surface area contributed by atoms with Crippen molar-refractivity contribution in [2.75, 3.05) is 0 Å². The van der Waals surface area contributed by atoms with Crippen molar-refractivity contribution in [1.82, 2.24) is 4.57 Å². The van der Waals surface area contributed by atoms with Gasteiger partial charge in [-0.1, -0.05) is 36.4 Å². The fraction of sp³-hybridized carbons (Fsp3) is 0.211. The number of halogens is 1. The van der Waals surface area contributed by atoms with E-state index in [2.05, 4.69) is 39.0 Å². The summed E-state index contributed by atoms with van der Waals surface area (Å²) >= 11 is 0. The van der Waals surface area contributed by atoms with Gasteiger partial charge in [-0.25, -0.2) is 4.57 Å². The molecule has 0 aliphatic heterocycles. The average Bonchev–Trinajstić information content (AvgIpc) is 2.75. The molecule has 0 N–H and O–H groups in total. The molecule has 0 aliphatic carbocycles. The maximum Gasteiger partial charge on any atom is 0.317 e. The SMILES string of the molecule is Cc1ccccc1-c1n(C)c(F)c[n+]1-c1c(C)cccc1C. The van der Waals surface area contributed by atoms with Crippen molar-refractivity contribution in [3.8, 4) is 17.1 Å². The van der Waals surface area contributed by atoms with Gasteiger partial charge in [-0.3, -0.25) is 0 Å². The lowest BCUT2D eigenvalue weighted by Gasteiger charge is -2.09. The quantitative estimate of drug-likeness (QED) is 0.631. The summed E-state index contributed by atoms with van der Waals surface area (Å²) in [6.45, 7) is 6.17. The summed E-state index contributed by atoms with van der Waals surface area (Å²) in [6.07, 6.45) is 1.57. The predicted octanol–water partition coefficient (Wildman–Crippen LogP) is 4.03. The molecule has 3 aromatic rings. The Labute approximate surface area is 130 Å². The minimum atomic E-state index is -0.249. The van der Waals surface area contributed by atoms with E-state index in [1.54, 1.807) is 17.8 Å². The molecule has 0 aliphatic rings. The van der Waals surface area contributed by atoms with Gasteiger partial charge < -0.3 is 0 Å². The Morgan fingerprint density at radius 1 is 0.864 bits per heavy atom. The van der Waals surface area contributed by atoms with E-state index in [0.717, 1.165) is 33.8 Å². The van der Waals surface area contributed by atoms with E-state index >= 15 is 0 Å². The molecule has 0 saturated heterocycles. The molecular weight excluding hydrogens is 275 g/mol. The van der Waals surface area contributed by atoms with E-state index in [-0.39, 0.29) is 5.95 Å². The van der Waals surface area contributed by atoms with Crippen molar-refractivity contribution in [2.24, 2.45) is 7.05 Å². The van der Waals surface area contributed by atoms with Crippen LogP contribution in [0.25, 0.3) is 17.1 Å². The molecule has 2 nitrogen and oxygen atoms in total. The van der Waals surface area contributed by atoms with Crippen LogP contribution in [-0.2, 0) is 7.05 Å².